The number of rotatable bonds is 12. The molecule has 3 rings (SSSR count). The number of likely N-dealkylation sites (N-methyl/N-ethyl adjacent to an activating group) is 1. The van der Waals surface area contributed by atoms with E-state index in [1.54, 1.807) is 23.1 Å². The van der Waals surface area contributed by atoms with E-state index in [1.165, 1.54) is 4.31 Å². The van der Waals surface area contributed by atoms with Gasteiger partial charge in [0.1, 0.15) is 19.3 Å². The number of ether oxygens (including phenoxy) is 2. The van der Waals surface area contributed by atoms with E-state index >= 15 is 0 Å². The van der Waals surface area contributed by atoms with Crippen molar-refractivity contribution < 1.29 is 27.5 Å². The Bertz CT molecular complexity index is 1180. The molecule has 0 aliphatic carbocycles. The van der Waals surface area contributed by atoms with Crippen LogP contribution in [0.3, 0.4) is 0 Å². The Morgan fingerprint density at radius 1 is 1.03 bits per heavy atom. The lowest BCUT2D eigenvalue weighted by molar-refractivity contribution is -0.141. The van der Waals surface area contributed by atoms with Crippen molar-refractivity contribution in [3.63, 3.8) is 0 Å². The zero-order valence-corrected chi connectivity index (χ0v) is 22.8. The molecule has 0 saturated carbocycles. The van der Waals surface area contributed by atoms with Gasteiger partial charge in [0.2, 0.25) is 21.8 Å². The Balaban J connectivity index is 1.75. The Hall–Kier alpha value is -3.27. The molecule has 1 aliphatic rings. The Kier molecular flexibility index (Phi) is 9.79. The molecule has 0 fully saturated rings. The van der Waals surface area contributed by atoms with Crippen LogP contribution in [0.1, 0.15) is 44.2 Å². The first-order chi connectivity index (χ1) is 17.6. The van der Waals surface area contributed by atoms with Crippen molar-refractivity contribution in [1.82, 2.24) is 10.2 Å². The molecular formula is C27H37N3O6S. The van der Waals surface area contributed by atoms with Gasteiger partial charge in [0.25, 0.3) is 0 Å². The SMILES string of the molecule is CCNC(=O)C(CC)N(Cc1ccc(C)cc1)C(=O)CCCN(c1ccc2c(c1)OCCO2)S(C)(=O)=O. The molecule has 0 aromatic heterocycles. The number of amides is 2. The molecule has 9 nitrogen and oxygen atoms in total. The lowest BCUT2D eigenvalue weighted by atomic mass is 10.1. The van der Waals surface area contributed by atoms with E-state index in [0.717, 1.165) is 17.4 Å². The molecule has 1 aliphatic heterocycles. The molecule has 0 radical (unpaired) electrons. The number of fused-ring (bicyclic) bond motifs is 1. The first-order valence-corrected chi connectivity index (χ1v) is 14.5. The zero-order valence-electron chi connectivity index (χ0n) is 22.0. The van der Waals surface area contributed by atoms with Crippen molar-refractivity contribution in [3.05, 3.63) is 53.6 Å². The van der Waals surface area contributed by atoms with E-state index in [-0.39, 0.29) is 31.2 Å². The third-order valence-corrected chi connectivity index (χ3v) is 7.37. The molecule has 2 aromatic rings. The minimum Gasteiger partial charge on any atom is -0.486 e. The van der Waals surface area contributed by atoms with Crippen molar-refractivity contribution in [3.8, 4) is 11.5 Å². The lowest BCUT2D eigenvalue weighted by Gasteiger charge is -2.31. The second-order valence-electron chi connectivity index (χ2n) is 9.09. The van der Waals surface area contributed by atoms with Crippen molar-refractivity contribution in [2.24, 2.45) is 0 Å². The van der Waals surface area contributed by atoms with Crippen molar-refractivity contribution >= 4 is 27.5 Å². The molecule has 0 bridgehead atoms. The molecule has 2 amide bonds. The number of hydrogen-bond acceptors (Lipinski definition) is 6. The van der Waals surface area contributed by atoms with Gasteiger partial charge >= 0.3 is 0 Å². The van der Waals surface area contributed by atoms with Gasteiger partial charge in [-0.3, -0.25) is 13.9 Å². The third kappa shape index (κ3) is 7.61. The smallest absolute Gasteiger partial charge is 0.242 e. The van der Waals surface area contributed by atoms with E-state index in [0.29, 0.717) is 49.9 Å². The van der Waals surface area contributed by atoms with E-state index in [4.69, 9.17) is 9.47 Å². The molecule has 1 atom stereocenters. The minimum atomic E-state index is -3.61. The summed E-state index contributed by atoms with van der Waals surface area (Å²) in [5.41, 5.74) is 2.48. The summed E-state index contributed by atoms with van der Waals surface area (Å²) >= 11 is 0. The normalized spacial score (nSPS) is 13.5. The second-order valence-corrected chi connectivity index (χ2v) is 11.0. The number of carbonyl (C=O) groups excluding carboxylic acids is 2. The van der Waals surface area contributed by atoms with Crippen molar-refractivity contribution in [2.75, 3.05) is 36.9 Å². The average Bonchev–Trinajstić information content (AvgIpc) is 2.86. The largest absolute Gasteiger partial charge is 0.486 e. The molecule has 1 N–H and O–H groups in total. The van der Waals surface area contributed by atoms with Gasteiger partial charge in [0.15, 0.2) is 11.5 Å². The number of nitrogens with one attached hydrogen (secondary N) is 1. The third-order valence-electron chi connectivity index (χ3n) is 6.18. The van der Waals surface area contributed by atoms with Gasteiger partial charge in [-0.05, 0) is 44.4 Å². The first-order valence-electron chi connectivity index (χ1n) is 12.6. The maximum absolute atomic E-state index is 13.4. The lowest BCUT2D eigenvalue weighted by Crippen LogP contribution is -2.49. The van der Waals surface area contributed by atoms with E-state index < -0.39 is 16.1 Å². The van der Waals surface area contributed by atoms with Gasteiger partial charge in [-0.2, -0.15) is 0 Å². The van der Waals surface area contributed by atoms with Crippen LogP contribution in [0.5, 0.6) is 11.5 Å². The summed E-state index contributed by atoms with van der Waals surface area (Å²) in [6, 6.07) is 12.2. The van der Waals surface area contributed by atoms with E-state index in [2.05, 4.69) is 5.32 Å². The Morgan fingerprint density at radius 2 is 1.70 bits per heavy atom. The van der Waals surface area contributed by atoms with Crippen molar-refractivity contribution in [2.45, 2.75) is 52.6 Å². The predicted octanol–water partition coefficient (Wildman–Crippen LogP) is 3.26. The average molecular weight is 532 g/mol. The van der Waals surface area contributed by atoms with Crippen LogP contribution in [-0.4, -0.2) is 63.7 Å². The van der Waals surface area contributed by atoms with Crippen LogP contribution in [0.4, 0.5) is 5.69 Å². The van der Waals surface area contributed by atoms with Crippen LogP contribution in [0.15, 0.2) is 42.5 Å². The van der Waals surface area contributed by atoms with E-state index in [9.17, 15) is 18.0 Å². The molecule has 202 valence electrons. The Labute approximate surface area is 219 Å². The fourth-order valence-corrected chi connectivity index (χ4v) is 5.25. The molecule has 2 aromatic carbocycles. The molecular weight excluding hydrogens is 494 g/mol. The van der Waals surface area contributed by atoms with Crippen LogP contribution in [0.25, 0.3) is 0 Å². The highest BCUT2D eigenvalue weighted by atomic mass is 32.2. The van der Waals surface area contributed by atoms with Crippen LogP contribution in [0, 0.1) is 6.92 Å². The summed E-state index contributed by atoms with van der Waals surface area (Å²) in [6.45, 7) is 7.43. The fourth-order valence-electron chi connectivity index (χ4n) is 4.29. The zero-order chi connectivity index (χ0) is 27.0. The number of hydrogen-bond donors (Lipinski definition) is 1. The molecule has 0 saturated heterocycles. The second kappa shape index (κ2) is 12.8. The monoisotopic (exact) mass is 531 g/mol. The molecule has 37 heavy (non-hydrogen) atoms. The fraction of sp³-hybridized carbons (Fsp3) is 0.481. The van der Waals surface area contributed by atoms with Crippen LogP contribution in [0.2, 0.25) is 0 Å². The van der Waals surface area contributed by atoms with Gasteiger partial charge in [-0.15, -0.1) is 0 Å². The van der Waals surface area contributed by atoms with Crippen molar-refractivity contribution in [1.29, 1.82) is 0 Å². The van der Waals surface area contributed by atoms with Gasteiger partial charge < -0.3 is 19.7 Å². The summed E-state index contributed by atoms with van der Waals surface area (Å²) < 4.78 is 37.6. The number of nitrogens with zero attached hydrogens (tertiary/aromatic N) is 2. The topological polar surface area (TPSA) is 105 Å². The quantitative estimate of drug-likeness (QED) is 0.451. The Morgan fingerprint density at radius 3 is 2.32 bits per heavy atom. The number of aryl methyl sites for hydroxylation is 1. The molecule has 10 heteroatoms. The van der Waals surface area contributed by atoms with Gasteiger partial charge in [0.05, 0.1) is 11.9 Å². The summed E-state index contributed by atoms with van der Waals surface area (Å²) in [7, 11) is -3.61. The van der Waals surface area contributed by atoms with Gasteiger partial charge in [0, 0.05) is 32.1 Å². The molecule has 1 unspecified atom stereocenters. The van der Waals surface area contributed by atoms with Gasteiger partial charge in [-0.1, -0.05) is 36.8 Å². The highest BCUT2D eigenvalue weighted by Crippen LogP contribution is 2.34. The van der Waals surface area contributed by atoms with Gasteiger partial charge in [-0.25, -0.2) is 8.42 Å². The summed E-state index contributed by atoms with van der Waals surface area (Å²) in [5.74, 6) is 0.667. The number of anilines is 1. The van der Waals surface area contributed by atoms with Crippen LogP contribution >= 0.6 is 0 Å². The summed E-state index contributed by atoms with van der Waals surface area (Å²) in [4.78, 5) is 27.8. The molecule has 0 spiro atoms. The maximum Gasteiger partial charge on any atom is 0.242 e. The first kappa shape index (κ1) is 28.3. The minimum absolute atomic E-state index is 0.0956. The summed E-state index contributed by atoms with van der Waals surface area (Å²) in [6.07, 6.45) is 1.99. The summed E-state index contributed by atoms with van der Waals surface area (Å²) in [5, 5.41) is 2.82. The standard InChI is InChI=1S/C27H37N3O6S/c1-5-23(27(32)28-6-2)29(19-21-11-9-20(3)10-12-21)26(31)8-7-15-30(37(4,33)34)22-13-14-24-25(18-22)36-17-16-35-24/h9-14,18,23H,5-8,15-17,19H2,1-4H3,(H,28,32). The molecule has 1 heterocycles. The maximum atomic E-state index is 13.4. The van der Waals surface area contributed by atoms with Crippen LogP contribution < -0.4 is 19.1 Å². The van der Waals surface area contributed by atoms with Crippen LogP contribution in [-0.2, 0) is 26.2 Å². The predicted molar refractivity (Wildman–Crippen MR) is 143 cm³/mol. The number of benzene rings is 2. The highest BCUT2D eigenvalue weighted by Gasteiger charge is 2.28. The number of carbonyl (C=O) groups is 2. The number of sulfonamides is 1. The van der Waals surface area contributed by atoms with E-state index in [1.807, 2.05) is 45.0 Å². The highest BCUT2D eigenvalue weighted by molar-refractivity contribution is 7.92.